The van der Waals surface area contributed by atoms with Gasteiger partial charge in [-0.25, -0.2) is 0 Å². The smallest absolute Gasteiger partial charge is 0.309 e. The number of carbonyl (C=O) groups excluding carboxylic acids is 3. The van der Waals surface area contributed by atoms with Crippen molar-refractivity contribution >= 4 is 17.8 Å². The van der Waals surface area contributed by atoms with E-state index in [0.29, 0.717) is 32.3 Å². The second-order valence-electron chi connectivity index (χ2n) is 8.92. The highest BCUT2D eigenvalue weighted by Gasteiger charge is 2.22. The summed E-state index contributed by atoms with van der Waals surface area (Å²) in [5, 5.41) is 13.7. The van der Waals surface area contributed by atoms with Crippen LogP contribution in [0.15, 0.2) is 78.9 Å². The average Bonchev–Trinajstić information content (AvgIpc) is 2.92. The minimum Gasteiger partial charge on any atom is -0.463 e. The summed E-state index contributed by atoms with van der Waals surface area (Å²) < 4.78 is 10.5. The minimum absolute atomic E-state index is 0.000417. The van der Waals surface area contributed by atoms with E-state index in [2.05, 4.69) is 10.6 Å². The lowest BCUT2D eigenvalue weighted by Gasteiger charge is -2.21. The first-order valence-electron chi connectivity index (χ1n) is 12.9. The number of hydrogen-bond acceptors (Lipinski definition) is 6. The Labute approximate surface area is 226 Å². The maximum absolute atomic E-state index is 12.5. The first-order chi connectivity index (χ1) is 18.3. The van der Waals surface area contributed by atoms with E-state index in [0.717, 1.165) is 5.56 Å². The van der Waals surface area contributed by atoms with Crippen LogP contribution >= 0.6 is 0 Å². The average molecular weight is 527 g/mol. The highest BCUT2D eigenvalue weighted by molar-refractivity contribution is 5.77. The van der Waals surface area contributed by atoms with Crippen LogP contribution in [0.4, 0.5) is 0 Å². The Kier molecular flexibility index (Phi) is 17.6. The molecule has 0 aromatic heterocycles. The van der Waals surface area contributed by atoms with Gasteiger partial charge in [0.1, 0.15) is 6.61 Å². The van der Waals surface area contributed by atoms with E-state index in [1.165, 1.54) is 6.92 Å². The van der Waals surface area contributed by atoms with Gasteiger partial charge < -0.3 is 25.2 Å². The number of nitrogens with one attached hydrogen (secondary N) is 2. The van der Waals surface area contributed by atoms with Gasteiger partial charge in [0.2, 0.25) is 11.8 Å². The Morgan fingerprint density at radius 1 is 1.08 bits per heavy atom. The summed E-state index contributed by atoms with van der Waals surface area (Å²) in [5.41, 5.74) is 1.11. The molecule has 0 saturated heterocycles. The van der Waals surface area contributed by atoms with Crippen molar-refractivity contribution < 1.29 is 29.0 Å². The SMILES string of the molecule is CC(=O)NC(C)CO.COCC1COC(=O)C(Cc2ccccc2)C/C=C/CCC(=O)N1.c1ccccc1. The number of rotatable bonds is 6. The molecule has 8 heteroatoms. The molecule has 1 aliphatic heterocycles. The van der Waals surface area contributed by atoms with Crippen LogP contribution in [0.5, 0.6) is 0 Å². The number of carbonyl (C=O) groups is 3. The molecular weight excluding hydrogens is 484 g/mol. The normalized spacial score (nSPS) is 19.3. The fourth-order valence-electron chi connectivity index (χ4n) is 3.46. The van der Waals surface area contributed by atoms with Gasteiger partial charge in [0.25, 0.3) is 0 Å². The van der Waals surface area contributed by atoms with E-state index in [1.807, 2.05) is 78.9 Å². The van der Waals surface area contributed by atoms with E-state index >= 15 is 0 Å². The predicted octanol–water partition coefficient (Wildman–Crippen LogP) is 3.45. The van der Waals surface area contributed by atoms with Crippen molar-refractivity contribution in [3.63, 3.8) is 0 Å². The van der Waals surface area contributed by atoms with Crippen LogP contribution in [-0.2, 0) is 30.3 Å². The quantitative estimate of drug-likeness (QED) is 0.393. The zero-order valence-corrected chi connectivity index (χ0v) is 22.7. The standard InChI is InChI=1S/C19H25NO4.C6H6.C5H11NO2/c1-23-13-17-14-24-19(22)16(12-15-8-4-2-5-9-15)10-6-3-7-11-18(21)20-17;1-2-4-6-5-3-1;1-4(3-7)6-5(2)8/h2-6,8-9,16-17H,7,10-14H2,1H3,(H,20,21);1-6H;4,7H,3H2,1-2H3,(H,6,8)/b6-3+;;. The largest absolute Gasteiger partial charge is 0.463 e. The highest BCUT2D eigenvalue weighted by Crippen LogP contribution is 2.16. The van der Waals surface area contributed by atoms with Gasteiger partial charge in [0.05, 0.1) is 25.2 Å². The molecule has 0 aliphatic carbocycles. The molecule has 1 heterocycles. The van der Waals surface area contributed by atoms with Crippen molar-refractivity contribution in [1.29, 1.82) is 0 Å². The number of cyclic esters (lactones) is 1. The van der Waals surface area contributed by atoms with Crippen molar-refractivity contribution in [2.45, 2.75) is 51.6 Å². The third-order valence-electron chi connectivity index (χ3n) is 5.33. The van der Waals surface area contributed by atoms with Gasteiger partial charge in [0, 0.05) is 26.5 Å². The third kappa shape index (κ3) is 16.3. The molecule has 0 saturated carbocycles. The first kappa shape index (κ1) is 32.5. The van der Waals surface area contributed by atoms with E-state index in [4.69, 9.17) is 14.6 Å². The third-order valence-corrected chi connectivity index (χ3v) is 5.33. The molecule has 0 radical (unpaired) electrons. The van der Waals surface area contributed by atoms with Crippen LogP contribution in [0.25, 0.3) is 0 Å². The number of aliphatic hydroxyl groups excluding tert-OH is 1. The molecule has 8 nitrogen and oxygen atoms in total. The van der Waals surface area contributed by atoms with Crippen LogP contribution in [0.3, 0.4) is 0 Å². The van der Waals surface area contributed by atoms with Gasteiger partial charge >= 0.3 is 5.97 Å². The van der Waals surface area contributed by atoms with Gasteiger partial charge in [0.15, 0.2) is 0 Å². The summed E-state index contributed by atoms with van der Waals surface area (Å²) >= 11 is 0. The highest BCUT2D eigenvalue weighted by atomic mass is 16.5. The number of aliphatic hydroxyl groups is 1. The number of methoxy groups -OCH3 is 1. The van der Waals surface area contributed by atoms with Crippen LogP contribution in [0.2, 0.25) is 0 Å². The summed E-state index contributed by atoms with van der Waals surface area (Å²) in [4.78, 5) is 34.5. The zero-order chi connectivity index (χ0) is 28.0. The Balaban J connectivity index is 0.000000419. The molecule has 2 amide bonds. The Morgan fingerprint density at radius 3 is 2.21 bits per heavy atom. The van der Waals surface area contributed by atoms with Crippen molar-refractivity contribution in [3.8, 4) is 0 Å². The number of ether oxygens (including phenoxy) is 2. The minimum atomic E-state index is -0.313. The van der Waals surface area contributed by atoms with Gasteiger partial charge in [-0.15, -0.1) is 0 Å². The fraction of sp³-hybridized carbons (Fsp3) is 0.433. The monoisotopic (exact) mass is 526 g/mol. The molecule has 38 heavy (non-hydrogen) atoms. The van der Waals surface area contributed by atoms with Crippen LogP contribution in [-0.4, -0.2) is 61.9 Å². The molecule has 3 rings (SSSR count). The Hall–Kier alpha value is -3.49. The molecule has 2 aromatic carbocycles. The Bertz CT molecular complexity index is 910. The topological polar surface area (TPSA) is 114 Å². The molecule has 0 spiro atoms. The predicted molar refractivity (Wildman–Crippen MR) is 148 cm³/mol. The lowest BCUT2D eigenvalue weighted by atomic mass is 9.96. The van der Waals surface area contributed by atoms with Crippen molar-refractivity contribution in [1.82, 2.24) is 10.6 Å². The number of allylic oxidation sites excluding steroid dienone is 2. The van der Waals surface area contributed by atoms with Crippen LogP contribution in [0.1, 0.15) is 38.7 Å². The van der Waals surface area contributed by atoms with Crippen LogP contribution in [0, 0.1) is 5.92 Å². The zero-order valence-electron chi connectivity index (χ0n) is 22.7. The molecule has 2 aromatic rings. The Morgan fingerprint density at radius 2 is 1.68 bits per heavy atom. The summed E-state index contributed by atoms with van der Waals surface area (Å²) in [6, 6.07) is 21.5. The maximum atomic E-state index is 12.5. The second-order valence-corrected chi connectivity index (χ2v) is 8.92. The van der Waals surface area contributed by atoms with Gasteiger partial charge in [-0.3, -0.25) is 14.4 Å². The van der Waals surface area contributed by atoms with Crippen molar-refractivity contribution in [3.05, 3.63) is 84.4 Å². The molecule has 3 atom stereocenters. The van der Waals surface area contributed by atoms with E-state index in [1.54, 1.807) is 14.0 Å². The maximum Gasteiger partial charge on any atom is 0.309 e. The lowest BCUT2D eigenvalue weighted by Crippen LogP contribution is -2.42. The van der Waals surface area contributed by atoms with Gasteiger partial charge in [-0.05, 0) is 31.7 Å². The molecule has 3 unspecified atom stereocenters. The van der Waals surface area contributed by atoms with Gasteiger partial charge in [-0.2, -0.15) is 0 Å². The molecule has 1 aliphatic rings. The summed E-state index contributed by atoms with van der Waals surface area (Å²) in [6.45, 7) is 3.61. The van der Waals surface area contributed by atoms with Crippen molar-refractivity contribution in [2.75, 3.05) is 26.9 Å². The lowest BCUT2D eigenvalue weighted by molar-refractivity contribution is -0.150. The van der Waals surface area contributed by atoms with E-state index in [-0.39, 0.29) is 49.0 Å². The molecular formula is C30H42N2O6. The molecule has 208 valence electrons. The number of benzene rings is 2. The molecule has 0 fully saturated rings. The van der Waals surface area contributed by atoms with Crippen LogP contribution < -0.4 is 10.6 Å². The number of esters is 1. The fourth-order valence-corrected chi connectivity index (χ4v) is 3.46. The summed E-state index contributed by atoms with van der Waals surface area (Å²) in [7, 11) is 1.56. The van der Waals surface area contributed by atoms with Crippen molar-refractivity contribution in [2.24, 2.45) is 5.92 Å². The number of hydrogen-bond donors (Lipinski definition) is 3. The van der Waals surface area contributed by atoms with E-state index in [9.17, 15) is 14.4 Å². The number of amides is 2. The molecule has 3 N–H and O–H groups in total. The molecule has 0 bridgehead atoms. The van der Waals surface area contributed by atoms with E-state index < -0.39 is 0 Å². The summed E-state index contributed by atoms with van der Waals surface area (Å²) in [5.74, 6) is -0.618. The second kappa shape index (κ2) is 20.6. The summed E-state index contributed by atoms with van der Waals surface area (Å²) in [6.07, 6.45) is 6.27. The van der Waals surface area contributed by atoms with Gasteiger partial charge in [-0.1, -0.05) is 78.9 Å². The first-order valence-corrected chi connectivity index (χ1v) is 12.9.